The lowest BCUT2D eigenvalue weighted by Gasteiger charge is -2.39. The SMILES string of the molecule is CCNCc1c(C)nn(C)c1N(CCO)C1CCC1. The topological polar surface area (TPSA) is 53.3 Å². The smallest absolute Gasteiger partial charge is 0.131 e. The molecule has 1 aliphatic carbocycles. The van der Waals surface area contributed by atoms with Crippen LogP contribution in [0, 0.1) is 6.92 Å². The highest BCUT2D eigenvalue weighted by Crippen LogP contribution is 2.32. The third-order valence-corrected chi connectivity index (χ3v) is 3.99. The van der Waals surface area contributed by atoms with Crippen LogP contribution in [-0.2, 0) is 13.6 Å². The molecule has 2 N–H and O–H groups in total. The number of nitrogens with zero attached hydrogens (tertiary/aromatic N) is 3. The fraction of sp³-hybridized carbons (Fsp3) is 0.786. The van der Waals surface area contributed by atoms with Gasteiger partial charge in [0.15, 0.2) is 0 Å². The summed E-state index contributed by atoms with van der Waals surface area (Å²) in [6, 6.07) is 0.572. The van der Waals surface area contributed by atoms with Gasteiger partial charge in [0.1, 0.15) is 5.82 Å². The van der Waals surface area contributed by atoms with Gasteiger partial charge >= 0.3 is 0 Å². The van der Waals surface area contributed by atoms with Crippen molar-refractivity contribution in [1.29, 1.82) is 0 Å². The van der Waals surface area contributed by atoms with Crippen LogP contribution in [0.15, 0.2) is 0 Å². The van der Waals surface area contributed by atoms with Gasteiger partial charge in [-0.2, -0.15) is 5.10 Å². The fourth-order valence-electron chi connectivity index (χ4n) is 2.77. The van der Waals surface area contributed by atoms with E-state index in [4.69, 9.17) is 0 Å². The molecule has 1 aromatic heterocycles. The molecule has 5 nitrogen and oxygen atoms in total. The first-order chi connectivity index (χ1) is 9.19. The van der Waals surface area contributed by atoms with Crippen molar-refractivity contribution in [3.63, 3.8) is 0 Å². The monoisotopic (exact) mass is 266 g/mol. The van der Waals surface area contributed by atoms with E-state index in [0.717, 1.165) is 18.8 Å². The second-order valence-electron chi connectivity index (χ2n) is 5.29. The predicted molar refractivity (Wildman–Crippen MR) is 77.4 cm³/mol. The van der Waals surface area contributed by atoms with Gasteiger partial charge in [-0.05, 0) is 32.7 Å². The fourth-order valence-corrected chi connectivity index (χ4v) is 2.77. The molecule has 19 heavy (non-hydrogen) atoms. The van der Waals surface area contributed by atoms with Crippen molar-refractivity contribution in [3.8, 4) is 0 Å². The molecule has 0 aliphatic heterocycles. The van der Waals surface area contributed by atoms with Crippen LogP contribution >= 0.6 is 0 Å². The molecule has 0 aromatic carbocycles. The summed E-state index contributed by atoms with van der Waals surface area (Å²) < 4.78 is 1.97. The van der Waals surface area contributed by atoms with Crippen molar-refractivity contribution in [2.45, 2.75) is 45.7 Å². The van der Waals surface area contributed by atoms with E-state index < -0.39 is 0 Å². The lowest BCUT2D eigenvalue weighted by atomic mass is 9.91. The molecule has 1 fully saturated rings. The summed E-state index contributed by atoms with van der Waals surface area (Å²) in [7, 11) is 2.00. The second-order valence-corrected chi connectivity index (χ2v) is 5.29. The second kappa shape index (κ2) is 6.39. The lowest BCUT2D eigenvalue weighted by molar-refractivity contribution is 0.281. The lowest BCUT2D eigenvalue weighted by Crippen LogP contribution is -2.43. The first-order valence-electron chi connectivity index (χ1n) is 7.29. The number of hydrogen-bond donors (Lipinski definition) is 2. The number of aromatic nitrogens is 2. The molecule has 2 rings (SSSR count). The van der Waals surface area contributed by atoms with E-state index in [1.807, 2.05) is 11.7 Å². The van der Waals surface area contributed by atoms with Crippen LogP contribution in [0.3, 0.4) is 0 Å². The first-order valence-corrected chi connectivity index (χ1v) is 7.29. The van der Waals surface area contributed by atoms with E-state index >= 15 is 0 Å². The Morgan fingerprint density at radius 1 is 1.47 bits per heavy atom. The van der Waals surface area contributed by atoms with Gasteiger partial charge in [-0.15, -0.1) is 0 Å². The Balaban J connectivity index is 2.28. The minimum atomic E-state index is 0.196. The number of aryl methyl sites for hydroxylation is 2. The van der Waals surface area contributed by atoms with Crippen molar-refractivity contribution in [2.75, 3.05) is 24.6 Å². The van der Waals surface area contributed by atoms with Crippen LogP contribution in [0.1, 0.15) is 37.4 Å². The zero-order valence-corrected chi connectivity index (χ0v) is 12.3. The highest BCUT2D eigenvalue weighted by Gasteiger charge is 2.29. The Hall–Kier alpha value is -1.07. The molecule has 1 saturated carbocycles. The maximum atomic E-state index is 9.34. The molecule has 0 amide bonds. The molecule has 0 atom stereocenters. The Bertz CT molecular complexity index is 412. The third-order valence-electron chi connectivity index (χ3n) is 3.99. The molecule has 1 aliphatic rings. The predicted octanol–water partition coefficient (Wildman–Crippen LogP) is 1.19. The molecular weight excluding hydrogens is 240 g/mol. The number of hydrogen-bond acceptors (Lipinski definition) is 4. The maximum absolute atomic E-state index is 9.34. The summed E-state index contributed by atoms with van der Waals surface area (Å²) in [6.07, 6.45) is 3.75. The maximum Gasteiger partial charge on any atom is 0.131 e. The van der Waals surface area contributed by atoms with E-state index in [1.54, 1.807) is 0 Å². The molecule has 108 valence electrons. The van der Waals surface area contributed by atoms with Crippen LogP contribution < -0.4 is 10.2 Å². The highest BCUT2D eigenvalue weighted by atomic mass is 16.3. The van der Waals surface area contributed by atoms with Gasteiger partial charge in [0.05, 0.1) is 12.3 Å². The molecule has 1 aromatic rings. The minimum absolute atomic E-state index is 0.196. The van der Waals surface area contributed by atoms with Gasteiger partial charge in [0, 0.05) is 31.7 Å². The van der Waals surface area contributed by atoms with Crippen LogP contribution in [-0.4, -0.2) is 40.6 Å². The molecule has 0 radical (unpaired) electrons. The van der Waals surface area contributed by atoms with Crippen molar-refractivity contribution in [1.82, 2.24) is 15.1 Å². The van der Waals surface area contributed by atoms with E-state index in [0.29, 0.717) is 12.6 Å². The van der Waals surface area contributed by atoms with E-state index in [2.05, 4.69) is 29.2 Å². The van der Waals surface area contributed by atoms with Crippen molar-refractivity contribution >= 4 is 5.82 Å². The minimum Gasteiger partial charge on any atom is -0.395 e. The van der Waals surface area contributed by atoms with E-state index in [9.17, 15) is 5.11 Å². The number of nitrogens with one attached hydrogen (secondary N) is 1. The van der Waals surface area contributed by atoms with Crippen molar-refractivity contribution in [2.24, 2.45) is 7.05 Å². The Kier molecular flexibility index (Phi) is 4.82. The summed E-state index contributed by atoms with van der Waals surface area (Å²) in [5.74, 6) is 1.18. The summed E-state index contributed by atoms with van der Waals surface area (Å²) in [6.45, 7) is 6.87. The Morgan fingerprint density at radius 3 is 2.74 bits per heavy atom. The zero-order valence-electron chi connectivity index (χ0n) is 12.3. The van der Waals surface area contributed by atoms with Gasteiger partial charge in [-0.1, -0.05) is 6.92 Å². The summed E-state index contributed by atoms with van der Waals surface area (Å²) in [5, 5.41) is 17.3. The normalized spacial score (nSPS) is 15.6. The van der Waals surface area contributed by atoms with Gasteiger partial charge in [0.2, 0.25) is 0 Å². The highest BCUT2D eigenvalue weighted by molar-refractivity contribution is 5.51. The Labute approximate surface area is 115 Å². The quantitative estimate of drug-likeness (QED) is 0.778. The average Bonchev–Trinajstić information content (AvgIpc) is 2.58. The van der Waals surface area contributed by atoms with Crippen LogP contribution in [0.5, 0.6) is 0 Å². The zero-order chi connectivity index (χ0) is 13.8. The summed E-state index contributed by atoms with van der Waals surface area (Å²) in [5.41, 5.74) is 2.35. The van der Waals surface area contributed by atoms with Crippen molar-refractivity contribution in [3.05, 3.63) is 11.3 Å². The van der Waals surface area contributed by atoms with E-state index in [-0.39, 0.29) is 6.61 Å². The molecule has 1 heterocycles. The summed E-state index contributed by atoms with van der Waals surface area (Å²) >= 11 is 0. The number of rotatable bonds is 7. The largest absolute Gasteiger partial charge is 0.395 e. The van der Waals surface area contributed by atoms with Crippen LogP contribution in [0.4, 0.5) is 5.82 Å². The average molecular weight is 266 g/mol. The molecule has 0 saturated heterocycles. The van der Waals surface area contributed by atoms with Crippen molar-refractivity contribution < 1.29 is 5.11 Å². The molecule has 5 heteroatoms. The van der Waals surface area contributed by atoms with Gasteiger partial charge in [0.25, 0.3) is 0 Å². The Morgan fingerprint density at radius 2 is 2.21 bits per heavy atom. The van der Waals surface area contributed by atoms with E-state index in [1.165, 1.54) is 30.6 Å². The van der Waals surface area contributed by atoms with Gasteiger partial charge < -0.3 is 15.3 Å². The molecule has 0 unspecified atom stereocenters. The standard InChI is InChI=1S/C14H26N4O/c1-4-15-10-13-11(2)16-17(3)14(13)18(8-9-19)12-6-5-7-12/h12,15,19H,4-10H2,1-3H3. The number of aliphatic hydroxyl groups excluding tert-OH is 1. The molecule has 0 bridgehead atoms. The summed E-state index contributed by atoms with van der Waals surface area (Å²) in [4.78, 5) is 2.34. The number of anilines is 1. The van der Waals surface area contributed by atoms with Crippen LogP contribution in [0.25, 0.3) is 0 Å². The third kappa shape index (κ3) is 2.92. The molecular formula is C14H26N4O. The number of aliphatic hydroxyl groups is 1. The van der Waals surface area contributed by atoms with Crippen LogP contribution in [0.2, 0.25) is 0 Å². The van der Waals surface area contributed by atoms with Gasteiger partial charge in [-0.25, -0.2) is 0 Å². The first kappa shape index (κ1) is 14.3. The molecule has 0 spiro atoms. The van der Waals surface area contributed by atoms with Gasteiger partial charge in [-0.3, -0.25) is 4.68 Å².